The van der Waals surface area contributed by atoms with Crippen molar-refractivity contribution in [1.29, 1.82) is 0 Å². The Bertz CT molecular complexity index is 985. The summed E-state index contributed by atoms with van der Waals surface area (Å²) in [6.07, 6.45) is 1.22. The number of carbonyl (C=O) groups is 3. The van der Waals surface area contributed by atoms with Gasteiger partial charge >= 0.3 is 6.09 Å². The number of hydrazine groups is 1. The molecule has 0 unspecified atom stereocenters. The normalized spacial score (nSPS) is 18.4. The van der Waals surface area contributed by atoms with Crippen molar-refractivity contribution >= 4 is 36.0 Å². The zero-order valence-electron chi connectivity index (χ0n) is 19.2. The molecule has 1 aromatic rings. The fourth-order valence-electron chi connectivity index (χ4n) is 3.75. The molecule has 2 fully saturated rings. The van der Waals surface area contributed by atoms with Gasteiger partial charge in [0.2, 0.25) is 5.91 Å². The monoisotopic (exact) mass is 494 g/mol. The van der Waals surface area contributed by atoms with Gasteiger partial charge in [-0.25, -0.2) is 19.0 Å². The molecule has 2 saturated heterocycles. The Morgan fingerprint density at radius 1 is 1.34 bits per heavy atom. The highest BCUT2D eigenvalue weighted by atomic mass is 19.1. The second-order valence-corrected chi connectivity index (χ2v) is 7.83. The van der Waals surface area contributed by atoms with E-state index in [9.17, 15) is 14.4 Å². The van der Waals surface area contributed by atoms with Gasteiger partial charge < -0.3 is 20.7 Å². The molecule has 0 aromatic heterocycles. The lowest BCUT2D eigenvalue weighted by Crippen LogP contribution is -2.47. The summed E-state index contributed by atoms with van der Waals surface area (Å²) >= 11 is 0. The van der Waals surface area contributed by atoms with E-state index in [1.54, 1.807) is 0 Å². The topological polar surface area (TPSA) is 136 Å². The average molecular weight is 495 g/mol. The number of nitrogens with zero attached hydrogens (tertiary/aromatic N) is 5. The van der Waals surface area contributed by atoms with Crippen LogP contribution in [0.2, 0.25) is 0 Å². The highest BCUT2D eigenvalue weighted by Gasteiger charge is 2.34. The molecule has 0 saturated carbocycles. The first-order chi connectivity index (χ1) is 16.7. The van der Waals surface area contributed by atoms with Gasteiger partial charge in [0.15, 0.2) is 11.6 Å². The highest BCUT2D eigenvalue weighted by molar-refractivity contribution is 5.90. The third-order valence-corrected chi connectivity index (χ3v) is 5.40. The zero-order chi connectivity index (χ0) is 25.5. The summed E-state index contributed by atoms with van der Waals surface area (Å²) in [5, 5.41) is 8.82. The maximum Gasteiger partial charge on any atom is 0.414 e. The first-order valence-electron chi connectivity index (χ1n) is 10.9. The molecule has 0 radical (unpaired) electrons. The van der Waals surface area contributed by atoms with E-state index in [1.807, 2.05) is 0 Å². The number of hydrogen-bond donors (Lipinski definition) is 3. The molecule has 1 aromatic carbocycles. The molecule has 4 N–H and O–H groups in total. The van der Waals surface area contributed by atoms with E-state index in [4.69, 9.17) is 10.5 Å². The number of benzene rings is 1. The molecule has 35 heavy (non-hydrogen) atoms. The Morgan fingerprint density at radius 3 is 2.69 bits per heavy atom. The largest absolute Gasteiger partial charge is 0.442 e. The summed E-state index contributed by atoms with van der Waals surface area (Å²) in [6, 6.07) is 2.13. The van der Waals surface area contributed by atoms with Crippen LogP contribution in [0.15, 0.2) is 29.6 Å². The Balaban J connectivity index is 1.68. The first kappa shape index (κ1) is 25.7. The Kier molecular flexibility index (Phi) is 8.41. The third-order valence-electron chi connectivity index (χ3n) is 5.40. The van der Waals surface area contributed by atoms with Crippen molar-refractivity contribution < 1.29 is 27.9 Å². The van der Waals surface area contributed by atoms with E-state index >= 15 is 8.78 Å². The minimum absolute atomic E-state index is 0.00815. The summed E-state index contributed by atoms with van der Waals surface area (Å²) in [5.41, 5.74) is 8.00. The number of rotatable bonds is 8. The molecular weight excluding hydrogens is 466 g/mol. The fourth-order valence-corrected chi connectivity index (χ4v) is 3.75. The molecule has 14 heteroatoms. The van der Waals surface area contributed by atoms with Crippen molar-refractivity contribution in [1.82, 2.24) is 20.8 Å². The number of hydrazone groups is 1. The lowest BCUT2D eigenvalue weighted by atomic mass is 10.2. The summed E-state index contributed by atoms with van der Waals surface area (Å²) in [7, 11) is 0. The van der Waals surface area contributed by atoms with Crippen molar-refractivity contribution in [3.8, 4) is 0 Å². The van der Waals surface area contributed by atoms with Gasteiger partial charge in [-0.3, -0.25) is 24.5 Å². The number of amides is 3. The fraction of sp³-hybridized carbons (Fsp3) is 0.429. The number of hydrogen-bond acceptors (Lipinski definition) is 9. The quantitative estimate of drug-likeness (QED) is 0.338. The third kappa shape index (κ3) is 6.35. The van der Waals surface area contributed by atoms with Crippen LogP contribution >= 0.6 is 0 Å². The number of cyclic esters (lactones) is 1. The van der Waals surface area contributed by atoms with E-state index in [-0.39, 0.29) is 69.0 Å². The van der Waals surface area contributed by atoms with E-state index in [0.717, 1.165) is 17.0 Å². The van der Waals surface area contributed by atoms with Crippen molar-refractivity contribution in [2.45, 2.75) is 13.0 Å². The molecule has 0 aliphatic carbocycles. The van der Waals surface area contributed by atoms with Gasteiger partial charge in [-0.05, 0) is 0 Å². The maximum absolute atomic E-state index is 15.1. The SMILES string of the molecule is C=NN(/C=C\N)CC(=O)N1CCN(c2c(F)cc(N3C[C@H](CNC(C)=O)OC3=O)cc2F)CCN1. The number of anilines is 2. The summed E-state index contributed by atoms with van der Waals surface area (Å²) in [4.78, 5) is 38.4. The van der Waals surface area contributed by atoms with Crippen LogP contribution in [0, 0.1) is 11.6 Å². The van der Waals surface area contributed by atoms with E-state index in [2.05, 4.69) is 22.6 Å². The van der Waals surface area contributed by atoms with Crippen LogP contribution in [-0.2, 0) is 14.3 Å². The van der Waals surface area contributed by atoms with Crippen LogP contribution in [0.1, 0.15) is 6.92 Å². The van der Waals surface area contributed by atoms with Gasteiger partial charge in [-0.1, -0.05) is 0 Å². The molecule has 3 rings (SSSR count). The van der Waals surface area contributed by atoms with Gasteiger partial charge in [-0.15, -0.1) is 0 Å². The molecule has 0 bridgehead atoms. The van der Waals surface area contributed by atoms with Crippen LogP contribution in [0.5, 0.6) is 0 Å². The summed E-state index contributed by atoms with van der Waals surface area (Å²) in [6.45, 7) is 5.51. The highest BCUT2D eigenvalue weighted by Crippen LogP contribution is 2.31. The molecule has 2 heterocycles. The minimum atomic E-state index is -0.854. The number of nitrogens with one attached hydrogen (secondary N) is 2. The van der Waals surface area contributed by atoms with Gasteiger partial charge in [0, 0.05) is 57.8 Å². The lowest BCUT2D eigenvalue weighted by Gasteiger charge is -2.25. The minimum Gasteiger partial charge on any atom is -0.442 e. The summed E-state index contributed by atoms with van der Waals surface area (Å²) < 4.78 is 35.3. The molecule has 2 aliphatic heterocycles. The number of nitrogens with two attached hydrogens (primary N) is 1. The second kappa shape index (κ2) is 11.5. The molecule has 2 aliphatic rings. The number of ether oxygens (including phenoxy) is 1. The van der Waals surface area contributed by atoms with Crippen molar-refractivity contribution in [3.05, 3.63) is 36.2 Å². The van der Waals surface area contributed by atoms with Crippen LogP contribution < -0.4 is 26.3 Å². The molecule has 3 amide bonds. The standard InChI is InChI=1S/C21H28F2N8O4/c1-14(32)26-11-16-12-30(21(34)35-16)15-9-17(22)20(18(23)10-15)28-6-4-27-31(8-7-28)19(33)13-29(25-2)5-3-24/h3,5,9-10,16,27H,2,4,6-8,11-13,24H2,1H3,(H,26,32)/b5-3-/t16-/m0/s1. The summed E-state index contributed by atoms with van der Waals surface area (Å²) in [5.74, 6) is -2.31. The second-order valence-electron chi connectivity index (χ2n) is 7.83. The van der Waals surface area contributed by atoms with Crippen LogP contribution in [0.3, 0.4) is 0 Å². The Hall–Kier alpha value is -3.94. The molecule has 0 spiro atoms. The van der Waals surface area contributed by atoms with Crippen molar-refractivity contribution in [2.75, 3.05) is 55.6 Å². The Morgan fingerprint density at radius 2 is 2.06 bits per heavy atom. The number of carbonyl (C=O) groups excluding carboxylic acids is 3. The van der Waals surface area contributed by atoms with Gasteiger partial charge in [-0.2, -0.15) is 5.10 Å². The molecule has 190 valence electrons. The van der Waals surface area contributed by atoms with Gasteiger partial charge in [0.05, 0.1) is 25.3 Å². The van der Waals surface area contributed by atoms with E-state index < -0.39 is 23.8 Å². The number of halogens is 2. The smallest absolute Gasteiger partial charge is 0.414 e. The van der Waals surface area contributed by atoms with Crippen LogP contribution in [-0.4, -0.2) is 86.6 Å². The first-order valence-corrected chi connectivity index (χ1v) is 10.9. The predicted molar refractivity (Wildman–Crippen MR) is 124 cm³/mol. The van der Waals surface area contributed by atoms with E-state index in [0.29, 0.717) is 0 Å². The van der Waals surface area contributed by atoms with Gasteiger partial charge in [0.25, 0.3) is 5.91 Å². The van der Waals surface area contributed by atoms with Crippen molar-refractivity contribution in [2.24, 2.45) is 10.8 Å². The average Bonchev–Trinajstić information content (AvgIpc) is 3.01. The lowest BCUT2D eigenvalue weighted by molar-refractivity contribution is -0.134. The molecule has 12 nitrogen and oxygen atoms in total. The predicted octanol–water partition coefficient (Wildman–Crippen LogP) is -0.0732. The van der Waals surface area contributed by atoms with Crippen molar-refractivity contribution in [3.63, 3.8) is 0 Å². The van der Waals surface area contributed by atoms with E-state index in [1.165, 1.54) is 34.2 Å². The van der Waals surface area contributed by atoms with Gasteiger partial charge in [0.1, 0.15) is 18.3 Å². The van der Waals surface area contributed by atoms with Crippen LogP contribution in [0.4, 0.5) is 25.0 Å². The van der Waals surface area contributed by atoms with Crippen LogP contribution in [0.25, 0.3) is 0 Å². The molecular formula is C21H28F2N8O4. The molecule has 1 atom stereocenters. The zero-order valence-corrected chi connectivity index (χ0v) is 19.2. The maximum atomic E-state index is 15.1. The Labute approximate surface area is 200 Å².